The molecule has 0 aliphatic heterocycles. The molecule has 0 radical (unpaired) electrons. The van der Waals surface area contributed by atoms with Gasteiger partial charge in [0, 0.05) is 0 Å². The summed E-state index contributed by atoms with van der Waals surface area (Å²) < 4.78 is 0. The number of hydrogen-bond acceptors (Lipinski definition) is 0. The van der Waals surface area contributed by atoms with E-state index in [0.29, 0.717) is 0 Å². The molecule has 4 rings (SSSR count). The number of aryl methyl sites for hydroxylation is 1. The van der Waals surface area contributed by atoms with E-state index in [9.17, 15) is 0 Å². The van der Waals surface area contributed by atoms with Crippen LogP contribution in [0.2, 0.25) is 0 Å². The molecule has 0 fully saturated rings. The second-order valence-corrected chi connectivity index (χ2v) is 9.15. The van der Waals surface area contributed by atoms with Crippen LogP contribution in [0.15, 0.2) is 54.6 Å². The highest BCUT2D eigenvalue weighted by atomic mass is 14.2. The van der Waals surface area contributed by atoms with Crippen LogP contribution in [-0.4, -0.2) is 0 Å². The Morgan fingerprint density at radius 1 is 0.600 bits per heavy atom. The zero-order chi connectivity index (χ0) is 20.6. The molecule has 0 amide bonds. The Morgan fingerprint density at radius 3 is 2.00 bits per heavy atom. The summed E-state index contributed by atoms with van der Waals surface area (Å²) in [6.07, 6.45) is 17.5. The normalized spacial score (nSPS) is 14.3. The largest absolute Gasteiger partial charge is 0.0654 e. The topological polar surface area (TPSA) is 0 Å². The summed E-state index contributed by atoms with van der Waals surface area (Å²) in [5.74, 6) is 0. The van der Waals surface area contributed by atoms with E-state index in [2.05, 4.69) is 61.5 Å². The minimum absolute atomic E-state index is 1.24. The fourth-order valence-corrected chi connectivity index (χ4v) is 5.46. The van der Waals surface area contributed by atoms with Crippen LogP contribution >= 0.6 is 0 Å². The first-order valence-electron chi connectivity index (χ1n) is 12.5. The lowest BCUT2D eigenvalue weighted by molar-refractivity contribution is 0.599. The highest BCUT2D eigenvalue weighted by Crippen LogP contribution is 2.40. The molecule has 0 N–H and O–H groups in total. The number of fused-ring (bicyclic) bond motifs is 2. The lowest BCUT2D eigenvalue weighted by Gasteiger charge is -2.25. The number of rotatable bonds is 8. The quantitative estimate of drug-likeness (QED) is 0.332. The van der Waals surface area contributed by atoms with E-state index in [1.807, 2.05) is 0 Å². The van der Waals surface area contributed by atoms with E-state index < -0.39 is 0 Å². The molecular weight excluding hydrogens is 360 g/mol. The van der Waals surface area contributed by atoms with Crippen molar-refractivity contribution in [1.82, 2.24) is 0 Å². The lowest BCUT2D eigenvalue weighted by Crippen LogP contribution is -2.08. The third-order valence-electron chi connectivity index (χ3n) is 7.00. The maximum Gasteiger partial charge on any atom is -0.00704 e. The van der Waals surface area contributed by atoms with Gasteiger partial charge in [-0.2, -0.15) is 0 Å². The lowest BCUT2D eigenvalue weighted by atomic mass is 9.80. The molecule has 0 heteroatoms. The molecule has 0 bridgehead atoms. The Hall–Kier alpha value is -2.08. The van der Waals surface area contributed by atoms with Gasteiger partial charge in [0.05, 0.1) is 0 Å². The summed E-state index contributed by atoms with van der Waals surface area (Å²) in [6.45, 7) is 2.30. The van der Waals surface area contributed by atoms with E-state index >= 15 is 0 Å². The standard InChI is InChI=1S/C30H38/c1-2-3-4-5-6-12-19-25-26-20-13-7-8-14-22-28(26)30(24-17-10-9-11-18-24)29-23-16-15-21-27(25)29/h9-11,15-18,21,23H,2-8,12-14,19-20,22H2,1H3. The van der Waals surface area contributed by atoms with Crippen LogP contribution in [-0.2, 0) is 19.3 Å². The van der Waals surface area contributed by atoms with Crippen molar-refractivity contribution in [2.75, 3.05) is 0 Å². The molecule has 1 aliphatic rings. The Morgan fingerprint density at radius 2 is 1.23 bits per heavy atom. The van der Waals surface area contributed by atoms with Crippen molar-refractivity contribution in [2.24, 2.45) is 0 Å². The summed E-state index contributed by atoms with van der Waals surface area (Å²) in [4.78, 5) is 0. The van der Waals surface area contributed by atoms with Gasteiger partial charge in [-0.05, 0) is 77.1 Å². The summed E-state index contributed by atoms with van der Waals surface area (Å²) in [7, 11) is 0. The molecule has 0 unspecified atom stereocenters. The fourth-order valence-electron chi connectivity index (χ4n) is 5.46. The maximum atomic E-state index is 2.40. The van der Waals surface area contributed by atoms with Gasteiger partial charge < -0.3 is 0 Å². The minimum Gasteiger partial charge on any atom is -0.0654 e. The van der Waals surface area contributed by atoms with Gasteiger partial charge in [0.1, 0.15) is 0 Å². The van der Waals surface area contributed by atoms with Gasteiger partial charge in [-0.1, -0.05) is 106 Å². The van der Waals surface area contributed by atoms with Crippen LogP contribution in [0.1, 0.15) is 87.8 Å². The van der Waals surface area contributed by atoms with Gasteiger partial charge >= 0.3 is 0 Å². The Labute approximate surface area is 183 Å². The van der Waals surface area contributed by atoms with E-state index in [0.717, 1.165) is 0 Å². The zero-order valence-electron chi connectivity index (χ0n) is 18.9. The van der Waals surface area contributed by atoms with Crippen LogP contribution in [0.5, 0.6) is 0 Å². The van der Waals surface area contributed by atoms with Crippen LogP contribution in [0, 0.1) is 0 Å². The van der Waals surface area contributed by atoms with Crippen molar-refractivity contribution in [1.29, 1.82) is 0 Å². The first-order valence-corrected chi connectivity index (χ1v) is 12.5. The van der Waals surface area contributed by atoms with E-state index in [1.54, 1.807) is 16.7 Å². The molecule has 30 heavy (non-hydrogen) atoms. The van der Waals surface area contributed by atoms with E-state index in [-0.39, 0.29) is 0 Å². The van der Waals surface area contributed by atoms with Gasteiger partial charge in [-0.25, -0.2) is 0 Å². The molecular formula is C30H38. The molecule has 0 nitrogen and oxygen atoms in total. The third-order valence-corrected chi connectivity index (χ3v) is 7.00. The van der Waals surface area contributed by atoms with Crippen molar-refractivity contribution in [3.8, 4) is 11.1 Å². The molecule has 0 saturated heterocycles. The molecule has 0 saturated carbocycles. The number of benzene rings is 3. The first kappa shape index (κ1) is 21.2. The summed E-state index contributed by atoms with van der Waals surface area (Å²) in [6, 6.07) is 20.4. The van der Waals surface area contributed by atoms with Gasteiger partial charge in [-0.15, -0.1) is 0 Å². The zero-order valence-corrected chi connectivity index (χ0v) is 18.9. The Balaban J connectivity index is 1.78. The summed E-state index contributed by atoms with van der Waals surface area (Å²) in [5.41, 5.74) is 7.98. The van der Waals surface area contributed by atoms with Crippen LogP contribution in [0.4, 0.5) is 0 Å². The fraction of sp³-hybridized carbons (Fsp3) is 0.467. The van der Waals surface area contributed by atoms with Gasteiger partial charge in [0.2, 0.25) is 0 Å². The average Bonchev–Trinajstić information content (AvgIpc) is 2.77. The average molecular weight is 399 g/mol. The van der Waals surface area contributed by atoms with E-state index in [4.69, 9.17) is 0 Å². The highest BCUT2D eigenvalue weighted by molar-refractivity contribution is 6.01. The molecule has 0 aromatic heterocycles. The van der Waals surface area contributed by atoms with Crippen molar-refractivity contribution >= 4 is 10.8 Å². The van der Waals surface area contributed by atoms with Crippen LogP contribution in [0.25, 0.3) is 21.9 Å². The summed E-state index contributed by atoms with van der Waals surface area (Å²) >= 11 is 0. The molecule has 3 aromatic carbocycles. The van der Waals surface area contributed by atoms with E-state index in [1.165, 1.54) is 105 Å². The van der Waals surface area contributed by atoms with Crippen molar-refractivity contribution < 1.29 is 0 Å². The van der Waals surface area contributed by atoms with Gasteiger partial charge in [-0.3, -0.25) is 0 Å². The first-order chi connectivity index (χ1) is 14.9. The SMILES string of the molecule is CCCCCCCCc1c2c(c(-c3ccccc3)c3ccccc13)CCCCCC2. The third kappa shape index (κ3) is 4.80. The smallest absolute Gasteiger partial charge is 0.00704 e. The molecule has 0 spiro atoms. The second kappa shape index (κ2) is 10.8. The second-order valence-electron chi connectivity index (χ2n) is 9.15. The highest BCUT2D eigenvalue weighted by Gasteiger charge is 2.20. The molecule has 0 atom stereocenters. The monoisotopic (exact) mass is 398 g/mol. The van der Waals surface area contributed by atoms with Crippen LogP contribution in [0.3, 0.4) is 0 Å². The van der Waals surface area contributed by atoms with Crippen molar-refractivity contribution in [3.05, 3.63) is 71.3 Å². The number of hydrogen-bond donors (Lipinski definition) is 0. The van der Waals surface area contributed by atoms with Crippen molar-refractivity contribution in [2.45, 2.75) is 90.4 Å². The molecule has 3 aromatic rings. The summed E-state index contributed by atoms with van der Waals surface area (Å²) in [5, 5.41) is 2.99. The van der Waals surface area contributed by atoms with Gasteiger partial charge in [0.15, 0.2) is 0 Å². The van der Waals surface area contributed by atoms with Crippen molar-refractivity contribution in [3.63, 3.8) is 0 Å². The number of unbranched alkanes of at least 4 members (excludes halogenated alkanes) is 5. The predicted octanol–water partition coefficient (Wildman–Crippen LogP) is 9.07. The molecule has 1 aliphatic carbocycles. The van der Waals surface area contributed by atoms with Crippen LogP contribution < -0.4 is 0 Å². The Kier molecular flexibility index (Phi) is 7.62. The molecule has 0 heterocycles. The molecule has 158 valence electrons. The predicted molar refractivity (Wildman–Crippen MR) is 132 cm³/mol. The Bertz CT molecular complexity index is 935. The van der Waals surface area contributed by atoms with Gasteiger partial charge in [0.25, 0.3) is 0 Å². The maximum absolute atomic E-state index is 2.40. The minimum atomic E-state index is 1.24.